The number of hydrogen-bond acceptors (Lipinski definition) is 4. The van der Waals surface area contributed by atoms with Crippen LogP contribution in [0.15, 0.2) is 66.7 Å². The Hall–Kier alpha value is -3.16. The molecule has 152 valence electrons. The predicted octanol–water partition coefficient (Wildman–Crippen LogP) is 4.16. The number of H-pyrrole nitrogens is 1. The fraction of sp³-hybridized carbons (Fsp3) is 0.0909. The molecular weight excluding hydrogens is 422 g/mol. The molecule has 0 fully saturated rings. The van der Waals surface area contributed by atoms with Gasteiger partial charge in [-0.2, -0.15) is 0 Å². The summed E-state index contributed by atoms with van der Waals surface area (Å²) in [4.78, 5) is 20.0. The average Bonchev–Trinajstić information content (AvgIpc) is 3.05. The number of aromatic nitrogens is 2. The highest BCUT2D eigenvalue weighted by Gasteiger charge is 2.17. The van der Waals surface area contributed by atoms with Gasteiger partial charge < -0.3 is 4.98 Å². The number of nitrogens with one attached hydrogen (secondary N) is 2. The second kappa shape index (κ2) is 7.93. The molecule has 0 radical (unpaired) electrons. The Bertz CT molecular complexity index is 1350. The molecule has 0 aliphatic carbocycles. The van der Waals surface area contributed by atoms with Crippen molar-refractivity contribution < 1.29 is 13.2 Å². The van der Waals surface area contributed by atoms with Crippen LogP contribution in [0.2, 0.25) is 5.02 Å². The van der Waals surface area contributed by atoms with Gasteiger partial charge in [0.2, 0.25) is 10.0 Å². The van der Waals surface area contributed by atoms with Crippen molar-refractivity contribution in [2.75, 3.05) is 6.26 Å². The molecule has 0 atom stereocenters. The summed E-state index contributed by atoms with van der Waals surface area (Å²) < 4.78 is 24.7. The number of pyridine rings is 1. The molecular formula is C22H18ClN3O3S. The third kappa shape index (κ3) is 4.37. The summed E-state index contributed by atoms with van der Waals surface area (Å²) in [7, 11) is -3.67. The molecule has 0 aliphatic heterocycles. The largest absolute Gasteiger partial charge is 0.354 e. The van der Waals surface area contributed by atoms with E-state index < -0.39 is 15.9 Å². The zero-order valence-electron chi connectivity index (χ0n) is 16.0. The second-order valence-corrected chi connectivity index (χ2v) is 9.11. The van der Waals surface area contributed by atoms with Gasteiger partial charge in [0.15, 0.2) is 0 Å². The number of sulfonamides is 1. The van der Waals surface area contributed by atoms with Gasteiger partial charge in [-0.1, -0.05) is 54.1 Å². The number of carbonyl (C=O) groups is 1. The van der Waals surface area contributed by atoms with Crippen molar-refractivity contribution >= 4 is 38.4 Å². The first-order chi connectivity index (χ1) is 14.3. The fourth-order valence-corrected chi connectivity index (χ4v) is 3.98. The molecule has 6 nitrogen and oxygen atoms in total. The van der Waals surface area contributed by atoms with E-state index >= 15 is 0 Å². The molecule has 30 heavy (non-hydrogen) atoms. The van der Waals surface area contributed by atoms with Crippen molar-refractivity contribution in [3.63, 3.8) is 0 Å². The van der Waals surface area contributed by atoms with E-state index in [-0.39, 0.29) is 5.69 Å². The summed E-state index contributed by atoms with van der Waals surface area (Å²) in [6.45, 7) is 0. The lowest BCUT2D eigenvalue weighted by Crippen LogP contribution is -2.30. The van der Waals surface area contributed by atoms with Gasteiger partial charge in [0.05, 0.1) is 11.9 Å². The van der Waals surface area contributed by atoms with Crippen LogP contribution in [0.25, 0.3) is 22.2 Å². The van der Waals surface area contributed by atoms with Crippen LogP contribution >= 0.6 is 11.6 Å². The Kier molecular flexibility index (Phi) is 5.32. The topological polar surface area (TPSA) is 91.9 Å². The van der Waals surface area contributed by atoms with Gasteiger partial charge in [0, 0.05) is 28.0 Å². The van der Waals surface area contributed by atoms with Crippen molar-refractivity contribution in [2.45, 2.75) is 6.42 Å². The van der Waals surface area contributed by atoms with E-state index in [9.17, 15) is 13.2 Å². The van der Waals surface area contributed by atoms with Crippen LogP contribution in [-0.4, -0.2) is 30.5 Å². The molecule has 1 amide bonds. The summed E-state index contributed by atoms with van der Waals surface area (Å²) in [5, 5.41) is 1.64. The molecule has 2 aromatic heterocycles. The molecule has 0 unspecified atom stereocenters. The summed E-state index contributed by atoms with van der Waals surface area (Å²) in [6, 6.07) is 20.5. The summed E-state index contributed by atoms with van der Waals surface area (Å²) in [6.07, 6.45) is 1.38. The number of nitrogens with zero attached hydrogens (tertiary/aromatic N) is 1. The van der Waals surface area contributed by atoms with E-state index in [2.05, 4.69) is 9.97 Å². The SMILES string of the molecule is CS(=O)(=O)NC(=O)c1cccc(Cc2c(-c3ccccc3)[nH]c3cc(Cl)ccc23)n1. The van der Waals surface area contributed by atoms with Gasteiger partial charge in [0.25, 0.3) is 5.91 Å². The number of hydrogen-bond donors (Lipinski definition) is 2. The molecule has 4 rings (SSSR count). The number of aromatic amines is 1. The van der Waals surface area contributed by atoms with Crippen LogP contribution in [0.4, 0.5) is 0 Å². The van der Waals surface area contributed by atoms with E-state index in [1.54, 1.807) is 12.1 Å². The second-order valence-electron chi connectivity index (χ2n) is 6.93. The molecule has 2 N–H and O–H groups in total. The number of carbonyl (C=O) groups excluding carboxylic acids is 1. The average molecular weight is 440 g/mol. The van der Waals surface area contributed by atoms with Gasteiger partial charge in [0.1, 0.15) is 5.69 Å². The lowest BCUT2D eigenvalue weighted by atomic mass is 10.0. The third-order valence-electron chi connectivity index (χ3n) is 4.61. The van der Waals surface area contributed by atoms with E-state index in [1.165, 1.54) is 6.07 Å². The Morgan fingerprint density at radius 3 is 2.57 bits per heavy atom. The number of fused-ring (bicyclic) bond motifs is 1. The van der Waals surface area contributed by atoms with Crippen LogP contribution in [0.1, 0.15) is 21.7 Å². The quantitative estimate of drug-likeness (QED) is 0.488. The molecule has 0 spiro atoms. The number of benzene rings is 2. The number of rotatable bonds is 5. The summed E-state index contributed by atoms with van der Waals surface area (Å²) >= 11 is 6.17. The zero-order valence-corrected chi connectivity index (χ0v) is 17.6. The molecule has 0 saturated carbocycles. The normalized spacial score (nSPS) is 11.5. The maximum absolute atomic E-state index is 12.2. The van der Waals surface area contributed by atoms with E-state index in [0.29, 0.717) is 17.1 Å². The lowest BCUT2D eigenvalue weighted by molar-refractivity contribution is 0.0976. The van der Waals surface area contributed by atoms with Crippen molar-refractivity contribution in [1.82, 2.24) is 14.7 Å². The first-order valence-corrected chi connectivity index (χ1v) is 11.4. The fourth-order valence-electron chi connectivity index (χ4n) is 3.37. The van der Waals surface area contributed by atoms with Crippen molar-refractivity contribution in [3.8, 4) is 11.3 Å². The minimum absolute atomic E-state index is 0.0436. The Morgan fingerprint density at radius 1 is 1.07 bits per heavy atom. The first-order valence-electron chi connectivity index (χ1n) is 9.14. The monoisotopic (exact) mass is 439 g/mol. The molecule has 0 bridgehead atoms. The van der Waals surface area contributed by atoms with Crippen LogP contribution in [0.5, 0.6) is 0 Å². The maximum atomic E-state index is 12.2. The van der Waals surface area contributed by atoms with E-state index in [4.69, 9.17) is 11.6 Å². The van der Waals surface area contributed by atoms with Gasteiger partial charge in [-0.25, -0.2) is 18.1 Å². The zero-order chi connectivity index (χ0) is 21.3. The van der Waals surface area contributed by atoms with Crippen LogP contribution in [0.3, 0.4) is 0 Å². The van der Waals surface area contributed by atoms with Crippen LogP contribution < -0.4 is 4.72 Å². The minimum atomic E-state index is -3.67. The summed E-state index contributed by atoms with van der Waals surface area (Å²) in [5.74, 6) is -0.756. The predicted molar refractivity (Wildman–Crippen MR) is 118 cm³/mol. The highest BCUT2D eigenvalue weighted by Crippen LogP contribution is 2.33. The van der Waals surface area contributed by atoms with Gasteiger partial charge in [-0.3, -0.25) is 4.79 Å². The smallest absolute Gasteiger partial charge is 0.283 e. The standard InChI is InChI=1S/C22H18ClN3O3S/c1-30(28,29)26-22(27)19-9-5-8-16(24-19)13-18-17-11-10-15(23)12-20(17)25-21(18)14-6-3-2-4-7-14/h2-12,25H,13H2,1H3,(H,26,27). The Balaban J connectivity index is 1.77. The number of amides is 1. The lowest BCUT2D eigenvalue weighted by Gasteiger charge is -2.07. The highest BCUT2D eigenvalue weighted by molar-refractivity contribution is 7.89. The van der Waals surface area contributed by atoms with Crippen molar-refractivity contribution in [2.24, 2.45) is 0 Å². The van der Waals surface area contributed by atoms with Gasteiger partial charge in [-0.15, -0.1) is 0 Å². The van der Waals surface area contributed by atoms with Crippen molar-refractivity contribution in [3.05, 3.63) is 88.7 Å². The van der Waals surface area contributed by atoms with Gasteiger partial charge in [-0.05, 0) is 35.4 Å². The molecule has 0 aliphatic rings. The molecule has 0 saturated heterocycles. The van der Waals surface area contributed by atoms with Crippen LogP contribution in [0, 0.1) is 0 Å². The number of halogens is 1. The molecule has 8 heteroatoms. The van der Waals surface area contributed by atoms with E-state index in [0.717, 1.165) is 34.0 Å². The maximum Gasteiger partial charge on any atom is 0.283 e. The third-order valence-corrected chi connectivity index (χ3v) is 5.40. The van der Waals surface area contributed by atoms with E-state index in [1.807, 2.05) is 53.3 Å². The first kappa shape index (κ1) is 20.1. The molecule has 2 heterocycles. The van der Waals surface area contributed by atoms with Crippen LogP contribution in [-0.2, 0) is 16.4 Å². The Labute approximate surface area is 179 Å². The molecule has 4 aromatic rings. The van der Waals surface area contributed by atoms with Crippen molar-refractivity contribution in [1.29, 1.82) is 0 Å². The summed E-state index contributed by atoms with van der Waals surface area (Å²) in [5.41, 5.74) is 4.57. The Morgan fingerprint density at radius 2 is 1.83 bits per heavy atom. The molecule has 2 aromatic carbocycles. The highest BCUT2D eigenvalue weighted by atomic mass is 35.5. The minimum Gasteiger partial charge on any atom is -0.354 e. The van der Waals surface area contributed by atoms with Gasteiger partial charge >= 0.3 is 0 Å².